The molecule has 0 saturated carbocycles. The maximum absolute atomic E-state index is 12.9. The largest absolute Gasteiger partial charge is 0.436 e. The average Bonchev–Trinajstić information content (AvgIpc) is 3.40. The number of hydrogen-bond acceptors (Lipinski definition) is 6. The first-order valence-corrected chi connectivity index (χ1v) is 9.44. The molecule has 1 aliphatic rings. The summed E-state index contributed by atoms with van der Waals surface area (Å²) in [7, 11) is 0. The second-order valence-corrected chi connectivity index (χ2v) is 6.77. The van der Waals surface area contributed by atoms with E-state index < -0.39 is 17.8 Å². The van der Waals surface area contributed by atoms with E-state index in [1.165, 1.54) is 18.2 Å². The minimum absolute atomic E-state index is 0.112. The fourth-order valence-electron chi connectivity index (χ4n) is 3.36. The van der Waals surface area contributed by atoms with Crippen LogP contribution in [0.3, 0.4) is 0 Å². The van der Waals surface area contributed by atoms with Gasteiger partial charge in [-0.2, -0.15) is 0 Å². The number of amides is 2. The molecule has 1 aromatic heterocycles. The lowest BCUT2D eigenvalue weighted by Crippen LogP contribution is -2.32. The zero-order chi connectivity index (χ0) is 21.4. The van der Waals surface area contributed by atoms with Gasteiger partial charge in [-0.25, -0.2) is 9.78 Å². The Hall–Kier alpha value is -4.52. The third kappa shape index (κ3) is 3.18. The molecule has 0 unspecified atom stereocenters. The molecule has 7 nitrogen and oxygen atoms in total. The molecule has 2 amide bonds. The molecule has 1 aliphatic heterocycles. The molecule has 0 N–H and O–H groups in total. The predicted octanol–water partition coefficient (Wildman–Crippen LogP) is 4.38. The lowest BCUT2D eigenvalue weighted by molar-refractivity contribution is -0.0584. The second kappa shape index (κ2) is 7.38. The lowest BCUT2D eigenvalue weighted by atomic mass is 10.1. The summed E-state index contributed by atoms with van der Waals surface area (Å²) in [6, 6.07) is 22.2. The number of fused-ring (bicyclic) bond motifs is 1. The van der Waals surface area contributed by atoms with E-state index in [1.54, 1.807) is 36.5 Å². The number of carbonyl (C=O) groups excluding carboxylic acids is 3. The van der Waals surface area contributed by atoms with Crippen LogP contribution in [-0.2, 0) is 4.84 Å². The smallest absolute Gasteiger partial charge is 0.364 e. The van der Waals surface area contributed by atoms with E-state index in [2.05, 4.69) is 4.98 Å². The van der Waals surface area contributed by atoms with Gasteiger partial charge in [-0.1, -0.05) is 59.7 Å². The summed E-state index contributed by atoms with van der Waals surface area (Å²) in [6.45, 7) is 0. The van der Waals surface area contributed by atoms with E-state index in [1.807, 2.05) is 30.3 Å². The minimum Gasteiger partial charge on any atom is -0.436 e. The Kier molecular flexibility index (Phi) is 4.41. The number of aromatic nitrogens is 1. The summed E-state index contributed by atoms with van der Waals surface area (Å²) in [5, 5.41) is 0.481. The van der Waals surface area contributed by atoms with E-state index in [-0.39, 0.29) is 22.6 Å². The molecule has 0 atom stereocenters. The Labute approximate surface area is 176 Å². The van der Waals surface area contributed by atoms with Gasteiger partial charge in [-0.3, -0.25) is 9.59 Å². The van der Waals surface area contributed by atoms with Crippen molar-refractivity contribution >= 4 is 17.8 Å². The average molecular weight is 410 g/mol. The topological polar surface area (TPSA) is 89.7 Å². The molecule has 7 heteroatoms. The number of nitrogens with zero attached hydrogens (tertiary/aromatic N) is 2. The SMILES string of the molecule is O=C(ON1C(=O)c2ccccc2C1=O)c1ccccc1-c1ncc(-c2ccccc2)o1. The highest BCUT2D eigenvalue weighted by Gasteiger charge is 2.39. The third-order valence-corrected chi connectivity index (χ3v) is 4.87. The van der Waals surface area contributed by atoms with Gasteiger partial charge in [-0.15, -0.1) is 0 Å². The van der Waals surface area contributed by atoms with E-state index >= 15 is 0 Å². The molecule has 5 rings (SSSR count). The first-order valence-electron chi connectivity index (χ1n) is 9.44. The highest BCUT2D eigenvalue weighted by molar-refractivity contribution is 6.21. The van der Waals surface area contributed by atoms with Crippen LogP contribution in [-0.4, -0.2) is 27.8 Å². The van der Waals surface area contributed by atoms with Crippen LogP contribution >= 0.6 is 0 Å². The summed E-state index contributed by atoms with van der Waals surface area (Å²) in [5.74, 6) is -1.49. The molecule has 0 radical (unpaired) electrons. The first kappa shape index (κ1) is 18.5. The molecular formula is C24H14N2O5. The molecule has 0 spiro atoms. The minimum atomic E-state index is -0.871. The van der Waals surface area contributed by atoms with Crippen LogP contribution in [0.2, 0.25) is 0 Å². The first-order chi connectivity index (χ1) is 15.1. The predicted molar refractivity (Wildman–Crippen MR) is 110 cm³/mol. The number of carbonyl (C=O) groups is 3. The van der Waals surface area contributed by atoms with Gasteiger partial charge in [0.2, 0.25) is 5.89 Å². The number of oxazole rings is 1. The number of imide groups is 1. The van der Waals surface area contributed by atoms with Gasteiger partial charge in [-0.05, 0) is 24.3 Å². The Morgan fingerprint density at radius 2 is 1.35 bits per heavy atom. The highest BCUT2D eigenvalue weighted by Crippen LogP contribution is 2.29. The Morgan fingerprint density at radius 1 is 0.774 bits per heavy atom. The Bertz CT molecular complexity index is 1290. The van der Waals surface area contributed by atoms with Crippen LogP contribution in [0.15, 0.2) is 89.5 Å². The fourth-order valence-corrected chi connectivity index (χ4v) is 3.36. The van der Waals surface area contributed by atoms with E-state index in [0.29, 0.717) is 16.4 Å². The van der Waals surface area contributed by atoms with Crippen molar-refractivity contribution in [1.29, 1.82) is 0 Å². The van der Waals surface area contributed by atoms with Crippen LogP contribution in [0.25, 0.3) is 22.8 Å². The van der Waals surface area contributed by atoms with Crippen molar-refractivity contribution in [3.05, 3.63) is 102 Å². The van der Waals surface area contributed by atoms with Crippen LogP contribution in [0.5, 0.6) is 0 Å². The van der Waals surface area contributed by atoms with Crippen molar-refractivity contribution in [3.8, 4) is 22.8 Å². The molecular weight excluding hydrogens is 396 g/mol. The third-order valence-electron chi connectivity index (χ3n) is 4.87. The maximum Gasteiger partial charge on any atom is 0.364 e. The molecule has 0 aliphatic carbocycles. The van der Waals surface area contributed by atoms with E-state index in [4.69, 9.17) is 9.25 Å². The van der Waals surface area contributed by atoms with Crippen LogP contribution in [0.4, 0.5) is 0 Å². The molecule has 4 aromatic rings. The molecule has 150 valence electrons. The summed E-state index contributed by atoms with van der Waals surface area (Å²) in [5.41, 5.74) is 1.71. The Balaban J connectivity index is 1.44. The van der Waals surface area contributed by atoms with E-state index in [9.17, 15) is 14.4 Å². The van der Waals surface area contributed by atoms with Crippen molar-refractivity contribution in [2.24, 2.45) is 0 Å². The van der Waals surface area contributed by atoms with Crippen LogP contribution < -0.4 is 0 Å². The van der Waals surface area contributed by atoms with Crippen molar-refractivity contribution in [3.63, 3.8) is 0 Å². The van der Waals surface area contributed by atoms with Gasteiger partial charge in [0.15, 0.2) is 5.76 Å². The van der Waals surface area contributed by atoms with Crippen molar-refractivity contribution in [2.75, 3.05) is 0 Å². The number of hydroxylamine groups is 2. The van der Waals surface area contributed by atoms with Gasteiger partial charge >= 0.3 is 5.97 Å². The van der Waals surface area contributed by atoms with E-state index in [0.717, 1.165) is 5.56 Å². The van der Waals surface area contributed by atoms with Gasteiger partial charge in [0.25, 0.3) is 11.8 Å². The van der Waals surface area contributed by atoms with Crippen molar-refractivity contribution in [2.45, 2.75) is 0 Å². The molecule has 0 bridgehead atoms. The van der Waals surface area contributed by atoms with Gasteiger partial charge in [0.1, 0.15) is 0 Å². The summed E-state index contributed by atoms with van der Waals surface area (Å²) in [6.07, 6.45) is 1.57. The molecule has 2 heterocycles. The summed E-state index contributed by atoms with van der Waals surface area (Å²) in [4.78, 5) is 47.3. The zero-order valence-corrected chi connectivity index (χ0v) is 16.0. The second-order valence-electron chi connectivity index (χ2n) is 6.77. The number of rotatable bonds is 4. The molecule has 3 aromatic carbocycles. The molecule has 0 saturated heterocycles. The van der Waals surface area contributed by atoms with Crippen LogP contribution in [0, 0.1) is 0 Å². The van der Waals surface area contributed by atoms with Gasteiger partial charge in [0.05, 0.1) is 28.5 Å². The van der Waals surface area contributed by atoms with Crippen LogP contribution in [0.1, 0.15) is 31.1 Å². The quantitative estimate of drug-likeness (QED) is 0.464. The number of hydrogen-bond donors (Lipinski definition) is 0. The zero-order valence-electron chi connectivity index (χ0n) is 16.0. The summed E-state index contributed by atoms with van der Waals surface area (Å²) < 4.78 is 5.84. The summed E-state index contributed by atoms with van der Waals surface area (Å²) >= 11 is 0. The Morgan fingerprint density at radius 3 is 2.03 bits per heavy atom. The van der Waals surface area contributed by atoms with Crippen molar-refractivity contribution in [1.82, 2.24) is 10.0 Å². The molecule has 31 heavy (non-hydrogen) atoms. The normalized spacial score (nSPS) is 12.7. The monoisotopic (exact) mass is 410 g/mol. The van der Waals surface area contributed by atoms with Gasteiger partial charge < -0.3 is 9.25 Å². The van der Waals surface area contributed by atoms with Gasteiger partial charge in [0, 0.05) is 5.56 Å². The lowest BCUT2D eigenvalue weighted by Gasteiger charge is -2.13. The standard InChI is InChI=1S/C24H14N2O5/c27-22-17-11-5-6-12-18(17)23(28)26(22)31-24(29)19-13-7-4-10-16(19)21-25-14-20(30-21)15-8-2-1-3-9-15/h1-14H. The highest BCUT2D eigenvalue weighted by atomic mass is 16.7. The van der Waals surface area contributed by atoms with Crippen molar-refractivity contribution < 1.29 is 23.6 Å². The molecule has 0 fully saturated rings. The number of benzene rings is 3. The maximum atomic E-state index is 12.9. The fraction of sp³-hybridized carbons (Fsp3) is 0.